The summed E-state index contributed by atoms with van der Waals surface area (Å²) < 4.78 is 11.6. The molecule has 2 aliphatic rings. The van der Waals surface area contributed by atoms with E-state index in [1.54, 1.807) is 12.3 Å². The molecule has 2 amide bonds. The molecule has 0 atom stereocenters. The molecule has 2 fully saturated rings. The van der Waals surface area contributed by atoms with Crippen molar-refractivity contribution in [2.24, 2.45) is 5.10 Å². The van der Waals surface area contributed by atoms with E-state index in [1.165, 1.54) is 11.3 Å². The maximum absolute atomic E-state index is 13.1. The van der Waals surface area contributed by atoms with E-state index in [2.05, 4.69) is 20.7 Å². The summed E-state index contributed by atoms with van der Waals surface area (Å²) in [5, 5.41) is 9.36. The lowest BCUT2D eigenvalue weighted by Gasteiger charge is -2.37. The van der Waals surface area contributed by atoms with Gasteiger partial charge < -0.3 is 14.8 Å². The highest BCUT2D eigenvalue weighted by Gasteiger charge is 2.39. The molecule has 1 spiro atoms. The number of anilines is 1. The first-order chi connectivity index (χ1) is 18.4. The summed E-state index contributed by atoms with van der Waals surface area (Å²) in [5.41, 5.74) is 7.42. The molecule has 1 aromatic heterocycles. The number of ether oxygens (including phenoxy) is 2. The second-order valence-corrected chi connectivity index (χ2v) is 10.7. The van der Waals surface area contributed by atoms with Crippen LogP contribution in [-0.2, 0) is 16.0 Å². The number of carbonyl (C=O) groups is 2. The van der Waals surface area contributed by atoms with Crippen molar-refractivity contribution in [2.75, 3.05) is 31.6 Å². The van der Waals surface area contributed by atoms with Gasteiger partial charge in [0.25, 0.3) is 11.8 Å². The molecule has 0 bridgehead atoms. The highest BCUT2D eigenvalue weighted by molar-refractivity contribution is 7.15. The van der Waals surface area contributed by atoms with Crippen LogP contribution in [-0.4, -0.2) is 55.0 Å². The van der Waals surface area contributed by atoms with Gasteiger partial charge in [0.2, 0.25) is 0 Å². The van der Waals surface area contributed by atoms with Crippen molar-refractivity contribution in [3.8, 4) is 0 Å². The number of amides is 2. The molecule has 2 aromatic carbocycles. The lowest BCUT2D eigenvalue weighted by molar-refractivity contribution is -0.185. The Bertz CT molecular complexity index is 1320. The van der Waals surface area contributed by atoms with Crippen LogP contribution in [0.25, 0.3) is 0 Å². The van der Waals surface area contributed by atoms with Crippen molar-refractivity contribution < 1.29 is 19.1 Å². The van der Waals surface area contributed by atoms with Gasteiger partial charge in [-0.05, 0) is 48.1 Å². The summed E-state index contributed by atoms with van der Waals surface area (Å²) in [5.74, 6) is -1.02. The molecule has 38 heavy (non-hydrogen) atoms. The number of hydrogen-bond acceptors (Lipinski definition) is 7. The molecule has 0 unspecified atom stereocenters. The van der Waals surface area contributed by atoms with Crippen molar-refractivity contribution >= 4 is 34.4 Å². The van der Waals surface area contributed by atoms with E-state index in [9.17, 15) is 9.59 Å². The number of aryl methyl sites for hydroxylation is 2. The molecule has 3 aromatic rings. The molecular formula is C29H32N4O4S. The third-order valence-corrected chi connectivity index (χ3v) is 7.93. The van der Waals surface area contributed by atoms with Gasteiger partial charge in [-0.2, -0.15) is 5.10 Å². The molecule has 3 heterocycles. The number of hydrazone groups is 1. The fourth-order valence-electron chi connectivity index (χ4n) is 4.77. The summed E-state index contributed by atoms with van der Waals surface area (Å²) in [6.45, 7) is 7.72. The Kier molecular flexibility index (Phi) is 7.99. The Hall–Kier alpha value is -3.37. The van der Waals surface area contributed by atoms with Crippen LogP contribution in [0.4, 0.5) is 5.00 Å². The minimum atomic E-state index is -0.396. The van der Waals surface area contributed by atoms with E-state index in [0.717, 1.165) is 54.7 Å². The molecule has 2 N–H and O–H groups in total. The van der Waals surface area contributed by atoms with Gasteiger partial charge in [-0.25, -0.2) is 5.43 Å². The van der Waals surface area contributed by atoms with Crippen molar-refractivity contribution in [3.05, 3.63) is 87.3 Å². The van der Waals surface area contributed by atoms with E-state index in [-0.39, 0.29) is 11.8 Å². The third kappa shape index (κ3) is 6.19. The molecule has 9 heteroatoms. The van der Waals surface area contributed by atoms with E-state index in [4.69, 9.17) is 9.47 Å². The van der Waals surface area contributed by atoms with Crippen molar-refractivity contribution in [1.29, 1.82) is 0 Å². The normalized spacial score (nSPS) is 17.2. The molecule has 8 nitrogen and oxygen atoms in total. The largest absolute Gasteiger partial charge is 0.347 e. The van der Waals surface area contributed by atoms with Gasteiger partial charge in [-0.1, -0.05) is 42.0 Å². The summed E-state index contributed by atoms with van der Waals surface area (Å²) in [7, 11) is 0. The van der Waals surface area contributed by atoms with Crippen LogP contribution in [0.3, 0.4) is 0 Å². The lowest BCUT2D eigenvalue weighted by atomic mass is 10.0. The molecular weight excluding hydrogens is 500 g/mol. The van der Waals surface area contributed by atoms with Crippen LogP contribution in [0.1, 0.15) is 55.8 Å². The molecule has 198 valence electrons. The number of piperidine rings is 1. The number of benzene rings is 2. The number of carbonyl (C=O) groups excluding carboxylic acids is 2. The van der Waals surface area contributed by atoms with Crippen LogP contribution < -0.4 is 10.7 Å². The van der Waals surface area contributed by atoms with Gasteiger partial charge in [-0.15, -0.1) is 11.3 Å². The van der Waals surface area contributed by atoms with Crippen molar-refractivity contribution in [2.45, 2.75) is 39.0 Å². The monoisotopic (exact) mass is 532 g/mol. The highest BCUT2D eigenvalue weighted by Crippen LogP contribution is 2.32. The number of nitrogens with one attached hydrogen (secondary N) is 2. The van der Waals surface area contributed by atoms with Gasteiger partial charge in [0.15, 0.2) is 5.79 Å². The standard InChI is InChI=1S/C29H32N4O4S/c1-20-6-8-22(9-7-20)17-30-32-27(35)25-21(2)19-38-28(25)31-26(34)24-5-3-4-23(16-24)18-33-12-10-29(11-13-33)36-14-15-37-29/h3-9,16-17,19H,10-15,18H2,1-2H3,(H,31,34)(H,32,35)/b30-17+. The molecule has 2 saturated heterocycles. The van der Waals surface area contributed by atoms with Crippen molar-refractivity contribution in [1.82, 2.24) is 10.3 Å². The highest BCUT2D eigenvalue weighted by atomic mass is 32.1. The zero-order chi connectivity index (χ0) is 26.5. The van der Waals surface area contributed by atoms with Crippen LogP contribution in [0.5, 0.6) is 0 Å². The first-order valence-electron chi connectivity index (χ1n) is 12.8. The van der Waals surface area contributed by atoms with E-state index >= 15 is 0 Å². The summed E-state index contributed by atoms with van der Waals surface area (Å²) in [6, 6.07) is 15.5. The Labute approximate surface area is 226 Å². The number of nitrogens with zero attached hydrogens (tertiary/aromatic N) is 2. The van der Waals surface area contributed by atoms with Crippen LogP contribution in [0.2, 0.25) is 0 Å². The molecule has 0 radical (unpaired) electrons. The van der Waals surface area contributed by atoms with Crippen LogP contribution in [0, 0.1) is 13.8 Å². The average Bonchev–Trinajstić information content (AvgIpc) is 3.53. The average molecular weight is 533 g/mol. The number of rotatable bonds is 7. The van der Waals surface area contributed by atoms with Gasteiger partial charge >= 0.3 is 0 Å². The lowest BCUT2D eigenvalue weighted by Crippen LogP contribution is -2.44. The minimum absolute atomic E-state index is 0.253. The smallest absolute Gasteiger partial charge is 0.274 e. The zero-order valence-corrected chi connectivity index (χ0v) is 22.5. The van der Waals surface area contributed by atoms with Gasteiger partial charge in [0, 0.05) is 38.0 Å². The minimum Gasteiger partial charge on any atom is -0.347 e. The second-order valence-electron chi connectivity index (χ2n) is 9.77. The number of hydrogen-bond donors (Lipinski definition) is 2. The quantitative estimate of drug-likeness (QED) is 0.339. The predicted octanol–water partition coefficient (Wildman–Crippen LogP) is 4.72. The summed E-state index contributed by atoms with van der Waals surface area (Å²) in [6.07, 6.45) is 3.30. The fourth-order valence-corrected chi connectivity index (χ4v) is 5.71. The first kappa shape index (κ1) is 26.2. The summed E-state index contributed by atoms with van der Waals surface area (Å²) in [4.78, 5) is 28.4. The SMILES string of the molecule is Cc1ccc(/C=N/NC(=O)c2c(C)csc2NC(=O)c2cccc(CN3CCC4(CC3)OCCO4)c2)cc1. The van der Waals surface area contributed by atoms with Crippen LogP contribution >= 0.6 is 11.3 Å². The van der Waals surface area contributed by atoms with Gasteiger partial charge in [0.05, 0.1) is 25.0 Å². The summed E-state index contributed by atoms with van der Waals surface area (Å²) >= 11 is 1.32. The first-order valence-corrected chi connectivity index (χ1v) is 13.7. The van der Waals surface area contributed by atoms with E-state index in [0.29, 0.717) is 29.3 Å². The third-order valence-electron chi connectivity index (χ3n) is 6.91. The Morgan fingerprint density at radius 3 is 2.53 bits per heavy atom. The Morgan fingerprint density at radius 2 is 1.79 bits per heavy atom. The van der Waals surface area contributed by atoms with Gasteiger partial charge in [-0.3, -0.25) is 14.5 Å². The topological polar surface area (TPSA) is 92.3 Å². The van der Waals surface area contributed by atoms with Crippen LogP contribution in [0.15, 0.2) is 59.0 Å². The van der Waals surface area contributed by atoms with Gasteiger partial charge in [0.1, 0.15) is 5.00 Å². The van der Waals surface area contributed by atoms with Crippen molar-refractivity contribution in [3.63, 3.8) is 0 Å². The number of thiophene rings is 1. The maximum Gasteiger partial charge on any atom is 0.274 e. The van der Waals surface area contributed by atoms with E-state index in [1.807, 2.05) is 61.7 Å². The molecule has 0 saturated carbocycles. The Balaban J connectivity index is 1.20. The predicted molar refractivity (Wildman–Crippen MR) is 149 cm³/mol. The molecule has 0 aliphatic carbocycles. The van der Waals surface area contributed by atoms with E-state index < -0.39 is 5.79 Å². The number of likely N-dealkylation sites (tertiary alicyclic amines) is 1. The molecule has 5 rings (SSSR count). The maximum atomic E-state index is 13.1. The molecule has 2 aliphatic heterocycles. The second kappa shape index (κ2) is 11.6. The fraction of sp³-hybridized carbons (Fsp3) is 0.345. The Morgan fingerprint density at radius 1 is 1.05 bits per heavy atom. The zero-order valence-electron chi connectivity index (χ0n) is 21.7.